The van der Waals surface area contributed by atoms with Crippen LogP contribution in [0.15, 0.2) is 47.6 Å². The molecule has 0 unspecified atom stereocenters. The van der Waals surface area contributed by atoms with Gasteiger partial charge in [0.15, 0.2) is 5.96 Å². The van der Waals surface area contributed by atoms with Gasteiger partial charge in [0.2, 0.25) is 5.88 Å². The number of rotatable bonds is 5. The third-order valence-electron chi connectivity index (χ3n) is 4.37. The van der Waals surface area contributed by atoms with Gasteiger partial charge in [0.05, 0.1) is 12.6 Å². The highest BCUT2D eigenvalue weighted by Gasteiger charge is 2.18. The van der Waals surface area contributed by atoms with Crippen LogP contribution in [0.4, 0.5) is 10.1 Å². The fourth-order valence-electron chi connectivity index (χ4n) is 2.93. The molecule has 1 aliphatic heterocycles. The molecule has 0 amide bonds. The molecule has 1 saturated heterocycles. The van der Waals surface area contributed by atoms with Gasteiger partial charge in [0.1, 0.15) is 5.82 Å². The van der Waals surface area contributed by atoms with Crippen LogP contribution in [0, 0.1) is 5.82 Å². The van der Waals surface area contributed by atoms with Crippen molar-refractivity contribution in [1.29, 1.82) is 0 Å². The van der Waals surface area contributed by atoms with Gasteiger partial charge in [0.25, 0.3) is 0 Å². The molecule has 3 rings (SSSR count). The Balaban J connectivity index is 1.51. The summed E-state index contributed by atoms with van der Waals surface area (Å²) in [5, 5.41) is 0. The maximum Gasteiger partial charge on any atom is 0.213 e. The van der Waals surface area contributed by atoms with Crippen LogP contribution in [0.25, 0.3) is 0 Å². The molecule has 6 nitrogen and oxygen atoms in total. The Kier molecular flexibility index (Phi) is 6.11. The fraction of sp³-hybridized carbons (Fsp3) is 0.400. The van der Waals surface area contributed by atoms with Crippen molar-refractivity contribution in [3.8, 4) is 5.88 Å². The normalized spacial score (nSPS) is 15.3. The Labute approximate surface area is 159 Å². The van der Waals surface area contributed by atoms with Crippen molar-refractivity contribution in [3.05, 3.63) is 54.0 Å². The number of pyridine rings is 1. The summed E-state index contributed by atoms with van der Waals surface area (Å²) in [6.07, 6.45) is 1.87. The molecule has 0 aliphatic carbocycles. The summed E-state index contributed by atoms with van der Waals surface area (Å²) in [7, 11) is 0. The number of guanidine groups is 1. The number of anilines is 1. The average molecular weight is 371 g/mol. The molecule has 0 bridgehead atoms. The predicted molar refractivity (Wildman–Crippen MR) is 106 cm³/mol. The van der Waals surface area contributed by atoms with E-state index in [0.717, 1.165) is 37.4 Å². The van der Waals surface area contributed by atoms with Crippen molar-refractivity contribution >= 4 is 11.6 Å². The maximum atomic E-state index is 13.1. The summed E-state index contributed by atoms with van der Waals surface area (Å²) in [5.74, 6) is 0.936. The van der Waals surface area contributed by atoms with E-state index in [9.17, 15) is 4.39 Å². The highest BCUT2D eigenvalue weighted by Crippen LogP contribution is 2.17. The average Bonchev–Trinajstić information content (AvgIpc) is 2.67. The first kappa shape index (κ1) is 18.9. The minimum absolute atomic E-state index is 0.102. The lowest BCUT2D eigenvalue weighted by Crippen LogP contribution is -2.51. The zero-order valence-electron chi connectivity index (χ0n) is 15.8. The minimum Gasteiger partial charge on any atom is -0.475 e. The zero-order chi connectivity index (χ0) is 19.2. The van der Waals surface area contributed by atoms with Crippen LogP contribution in [-0.4, -0.2) is 48.1 Å². The number of benzene rings is 1. The van der Waals surface area contributed by atoms with Gasteiger partial charge in [-0.3, -0.25) is 0 Å². The third-order valence-corrected chi connectivity index (χ3v) is 4.37. The Morgan fingerprint density at radius 1 is 1.15 bits per heavy atom. The smallest absolute Gasteiger partial charge is 0.213 e. The molecule has 0 radical (unpaired) electrons. The van der Waals surface area contributed by atoms with Crippen molar-refractivity contribution in [3.63, 3.8) is 0 Å². The number of hydrogen-bond acceptors (Lipinski definition) is 4. The number of nitrogens with two attached hydrogens (primary N) is 1. The highest BCUT2D eigenvalue weighted by molar-refractivity contribution is 5.78. The fourth-order valence-corrected chi connectivity index (χ4v) is 2.93. The molecule has 7 heteroatoms. The van der Waals surface area contributed by atoms with Crippen LogP contribution in [0.3, 0.4) is 0 Å². The molecule has 2 N–H and O–H groups in total. The van der Waals surface area contributed by atoms with E-state index in [0.29, 0.717) is 18.4 Å². The van der Waals surface area contributed by atoms with Crippen LogP contribution in [-0.2, 0) is 6.54 Å². The topological polar surface area (TPSA) is 67.0 Å². The van der Waals surface area contributed by atoms with Gasteiger partial charge in [-0.1, -0.05) is 6.07 Å². The molecule has 27 heavy (non-hydrogen) atoms. The molecule has 1 aliphatic rings. The highest BCUT2D eigenvalue weighted by atomic mass is 19.1. The lowest BCUT2D eigenvalue weighted by atomic mass is 10.2. The van der Waals surface area contributed by atoms with Crippen molar-refractivity contribution in [2.45, 2.75) is 26.5 Å². The zero-order valence-corrected chi connectivity index (χ0v) is 15.8. The van der Waals surface area contributed by atoms with E-state index in [1.54, 1.807) is 6.20 Å². The molecule has 2 aromatic rings. The monoisotopic (exact) mass is 371 g/mol. The van der Waals surface area contributed by atoms with Crippen LogP contribution in [0.5, 0.6) is 5.88 Å². The van der Waals surface area contributed by atoms with Crippen molar-refractivity contribution in [2.75, 3.05) is 31.1 Å². The van der Waals surface area contributed by atoms with Crippen molar-refractivity contribution < 1.29 is 9.13 Å². The number of piperazine rings is 1. The lowest BCUT2D eigenvalue weighted by molar-refractivity contribution is 0.232. The van der Waals surface area contributed by atoms with E-state index >= 15 is 0 Å². The summed E-state index contributed by atoms with van der Waals surface area (Å²) in [6, 6.07) is 10.4. The molecule has 0 spiro atoms. The largest absolute Gasteiger partial charge is 0.475 e. The number of hydrogen-bond donors (Lipinski definition) is 1. The SMILES string of the molecule is CC(C)Oc1ccc(CN=C(N)N2CCN(c3ccc(F)cc3)CC2)cn1. The lowest BCUT2D eigenvalue weighted by Gasteiger charge is -2.36. The summed E-state index contributed by atoms with van der Waals surface area (Å²) in [5.41, 5.74) is 8.17. The molecule has 0 saturated carbocycles. The first-order valence-corrected chi connectivity index (χ1v) is 9.18. The maximum absolute atomic E-state index is 13.1. The van der Waals surface area contributed by atoms with Gasteiger partial charge in [-0.05, 0) is 43.7 Å². The van der Waals surface area contributed by atoms with Crippen LogP contribution < -0.4 is 15.4 Å². The number of aliphatic imine (C=N–C) groups is 1. The van der Waals surface area contributed by atoms with E-state index in [1.807, 2.05) is 38.1 Å². The van der Waals surface area contributed by atoms with Gasteiger partial charge < -0.3 is 20.3 Å². The van der Waals surface area contributed by atoms with Crippen LogP contribution in [0.2, 0.25) is 0 Å². The van der Waals surface area contributed by atoms with Gasteiger partial charge in [-0.25, -0.2) is 14.4 Å². The quantitative estimate of drug-likeness (QED) is 0.646. The minimum atomic E-state index is -0.216. The van der Waals surface area contributed by atoms with Gasteiger partial charge in [0, 0.05) is 44.1 Å². The summed E-state index contributed by atoms with van der Waals surface area (Å²) in [6.45, 7) is 7.64. The molecule has 1 fully saturated rings. The van der Waals surface area contributed by atoms with Crippen LogP contribution in [0.1, 0.15) is 19.4 Å². The molecule has 0 atom stereocenters. The molecule has 1 aromatic heterocycles. The van der Waals surface area contributed by atoms with Crippen LogP contribution >= 0.6 is 0 Å². The number of halogens is 1. The van der Waals surface area contributed by atoms with Crippen molar-refractivity contribution in [1.82, 2.24) is 9.88 Å². The van der Waals surface area contributed by atoms with E-state index < -0.39 is 0 Å². The predicted octanol–water partition coefficient (Wildman–Crippen LogP) is 2.64. The Morgan fingerprint density at radius 2 is 1.85 bits per heavy atom. The second-order valence-corrected chi connectivity index (χ2v) is 6.80. The third kappa shape index (κ3) is 5.32. The molecular formula is C20H26FN5O. The number of ether oxygens (including phenoxy) is 1. The second kappa shape index (κ2) is 8.70. The standard InChI is InChI=1S/C20H26FN5O/c1-15(2)27-19-8-3-16(13-23-19)14-24-20(22)26-11-9-25(10-12-26)18-6-4-17(21)5-7-18/h3-8,13,15H,9-12,14H2,1-2H3,(H2,22,24). The second-order valence-electron chi connectivity index (χ2n) is 6.80. The van der Waals surface area contributed by atoms with E-state index in [2.05, 4.69) is 19.8 Å². The summed E-state index contributed by atoms with van der Waals surface area (Å²) < 4.78 is 18.6. The molecule has 2 heterocycles. The van der Waals surface area contributed by atoms with Gasteiger partial charge in [-0.2, -0.15) is 0 Å². The number of nitrogens with zero attached hydrogens (tertiary/aromatic N) is 4. The van der Waals surface area contributed by atoms with Gasteiger partial charge in [-0.15, -0.1) is 0 Å². The van der Waals surface area contributed by atoms with E-state index in [-0.39, 0.29) is 11.9 Å². The Morgan fingerprint density at radius 3 is 2.44 bits per heavy atom. The van der Waals surface area contributed by atoms with E-state index in [1.165, 1.54) is 12.1 Å². The van der Waals surface area contributed by atoms with Crippen molar-refractivity contribution in [2.24, 2.45) is 10.7 Å². The molecular weight excluding hydrogens is 345 g/mol. The summed E-state index contributed by atoms with van der Waals surface area (Å²) >= 11 is 0. The first-order valence-electron chi connectivity index (χ1n) is 9.18. The summed E-state index contributed by atoms with van der Waals surface area (Å²) in [4.78, 5) is 13.1. The van der Waals surface area contributed by atoms with Gasteiger partial charge >= 0.3 is 0 Å². The van der Waals surface area contributed by atoms with E-state index in [4.69, 9.17) is 10.5 Å². The Hall–Kier alpha value is -2.83. The Bertz CT molecular complexity index is 753. The molecule has 144 valence electrons. The molecule has 1 aromatic carbocycles. The first-order chi connectivity index (χ1) is 13.0. The number of aromatic nitrogens is 1.